The maximum Gasteiger partial charge on any atom is 0.238 e. The summed E-state index contributed by atoms with van der Waals surface area (Å²) in [6.07, 6.45) is 0. The van der Waals surface area contributed by atoms with Crippen molar-refractivity contribution in [1.29, 1.82) is 0 Å². The molecule has 4 nitrogen and oxygen atoms in total. The van der Waals surface area contributed by atoms with Crippen LogP contribution in [0, 0.1) is 11.6 Å². The molecule has 1 aliphatic rings. The number of hydrogen-bond acceptors (Lipinski definition) is 3. The van der Waals surface area contributed by atoms with Crippen LogP contribution in [0.2, 0.25) is 5.02 Å². The molecule has 0 spiro atoms. The smallest absolute Gasteiger partial charge is 0.238 e. The maximum atomic E-state index is 13.1. The highest BCUT2D eigenvalue weighted by Crippen LogP contribution is 2.19. The molecular weight excluding hydrogens is 360 g/mol. The lowest BCUT2D eigenvalue weighted by Gasteiger charge is -2.34. The first-order chi connectivity index (χ1) is 12.5. The average Bonchev–Trinajstić information content (AvgIpc) is 2.61. The van der Waals surface area contributed by atoms with E-state index in [1.807, 2.05) is 0 Å². The van der Waals surface area contributed by atoms with E-state index in [9.17, 15) is 13.6 Å². The molecule has 1 fully saturated rings. The van der Waals surface area contributed by atoms with Crippen LogP contribution in [-0.2, 0) is 11.3 Å². The van der Waals surface area contributed by atoms with Crippen molar-refractivity contribution in [3.8, 4) is 0 Å². The molecule has 26 heavy (non-hydrogen) atoms. The van der Waals surface area contributed by atoms with Crippen LogP contribution in [0.4, 0.5) is 14.5 Å². The molecule has 0 unspecified atom stereocenters. The topological polar surface area (TPSA) is 35.6 Å². The fraction of sp³-hybridized carbons (Fsp3) is 0.316. The zero-order valence-corrected chi connectivity index (χ0v) is 15.0. The van der Waals surface area contributed by atoms with E-state index >= 15 is 0 Å². The number of carbonyl (C=O) groups excluding carboxylic acids is 1. The zero-order valence-electron chi connectivity index (χ0n) is 14.2. The van der Waals surface area contributed by atoms with E-state index in [1.165, 1.54) is 36.4 Å². The number of hydrogen-bond donors (Lipinski definition) is 1. The summed E-state index contributed by atoms with van der Waals surface area (Å²) in [6, 6.07) is 10.2. The number of carbonyl (C=O) groups is 1. The molecule has 7 heteroatoms. The van der Waals surface area contributed by atoms with Crippen molar-refractivity contribution in [2.75, 3.05) is 38.0 Å². The summed E-state index contributed by atoms with van der Waals surface area (Å²) in [5.41, 5.74) is 1.48. The molecular formula is C19H20ClF2N3O. The predicted molar refractivity (Wildman–Crippen MR) is 98.2 cm³/mol. The van der Waals surface area contributed by atoms with Crippen LogP contribution in [0.15, 0.2) is 42.5 Å². The van der Waals surface area contributed by atoms with E-state index in [0.29, 0.717) is 23.8 Å². The first-order valence-corrected chi connectivity index (χ1v) is 8.81. The zero-order chi connectivity index (χ0) is 18.5. The van der Waals surface area contributed by atoms with Gasteiger partial charge < -0.3 is 5.32 Å². The molecule has 0 atom stereocenters. The highest BCUT2D eigenvalue weighted by atomic mass is 35.5. The summed E-state index contributed by atoms with van der Waals surface area (Å²) < 4.78 is 26.0. The van der Waals surface area contributed by atoms with E-state index in [0.717, 1.165) is 31.7 Å². The van der Waals surface area contributed by atoms with Gasteiger partial charge in [0.15, 0.2) is 0 Å². The van der Waals surface area contributed by atoms with Crippen LogP contribution >= 0.6 is 11.6 Å². The third-order valence-corrected chi connectivity index (χ3v) is 4.72. The summed E-state index contributed by atoms with van der Waals surface area (Å²) >= 11 is 6.08. The second-order valence-corrected chi connectivity index (χ2v) is 6.75. The highest BCUT2D eigenvalue weighted by molar-refractivity contribution is 6.31. The minimum Gasteiger partial charge on any atom is -0.325 e. The van der Waals surface area contributed by atoms with Crippen LogP contribution in [0.25, 0.3) is 0 Å². The van der Waals surface area contributed by atoms with E-state index in [1.54, 1.807) is 6.07 Å². The Hall–Kier alpha value is -2.02. The average molecular weight is 380 g/mol. The molecule has 1 heterocycles. The van der Waals surface area contributed by atoms with Crippen LogP contribution in [0.5, 0.6) is 0 Å². The minimum absolute atomic E-state index is 0.119. The van der Waals surface area contributed by atoms with E-state index in [-0.39, 0.29) is 17.5 Å². The molecule has 3 rings (SSSR count). The van der Waals surface area contributed by atoms with Gasteiger partial charge >= 0.3 is 0 Å². The molecule has 1 saturated heterocycles. The van der Waals surface area contributed by atoms with Gasteiger partial charge in [0, 0.05) is 43.4 Å². The number of amides is 1. The van der Waals surface area contributed by atoms with Crippen LogP contribution in [-0.4, -0.2) is 48.4 Å². The van der Waals surface area contributed by atoms with Crippen molar-refractivity contribution in [3.63, 3.8) is 0 Å². The molecule has 2 aromatic carbocycles. The van der Waals surface area contributed by atoms with Gasteiger partial charge in [-0.3, -0.25) is 14.6 Å². The Bertz CT molecular complexity index is 762. The minimum atomic E-state index is -0.337. The molecule has 0 bridgehead atoms. The Morgan fingerprint density at radius 1 is 0.962 bits per heavy atom. The molecule has 1 N–H and O–H groups in total. The first-order valence-electron chi connectivity index (χ1n) is 8.43. The van der Waals surface area contributed by atoms with E-state index < -0.39 is 0 Å². The standard InChI is InChI=1S/C19H20ClF2N3O/c20-18-11-16(22)2-1-14(18)12-24-7-9-25(10-8-24)13-19(26)23-17-5-3-15(21)4-6-17/h1-6,11H,7-10,12-13H2,(H,23,26). The third kappa shape index (κ3) is 5.24. The quantitative estimate of drug-likeness (QED) is 0.865. The van der Waals surface area contributed by atoms with Crippen molar-refractivity contribution < 1.29 is 13.6 Å². The molecule has 138 valence electrons. The maximum absolute atomic E-state index is 13.1. The van der Waals surface area contributed by atoms with Gasteiger partial charge in [-0.2, -0.15) is 0 Å². The summed E-state index contributed by atoms with van der Waals surface area (Å²) in [7, 11) is 0. The second kappa shape index (κ2) is 8.58. The Kier molecular flexibility index (Phi) is 6.19. The molecule has 1 aliphatic heterocycles. The number of halogens is 3. The second-order valence-electron chi connectivity index (χ2n) is 6.34. The Labute approximate surface area is 156 Å². The van der Waals surface area contributed by atoms with Crippen molar-refractivity contribution in [2.24, 2.45) is 0 Å². The van der Waals surface area contributed by atoms with Gasteiger partial charge in [0.05, 0.1) is 6.54 Å². The fourth-order valence-electron chi connectivity index (χ4n) is 2.93. The van der Waals surface area contributed by atoms with E-state index in [4.69, 9.17) is 11.6 Å². The SMILES string of the molecule is O=C(CN1CCN(Cc2ccc(F)cc2Cl)CC1)Nc1ccc(F)cc1. The van der Waals surface area contributed by atoms with Gasteiger partial charge in [-0.1, -0.05) is 17.7 Å². The number of nitrogens with zero attached hydrogens (tertiary/aromatic N) is 2. The Morgan fingerprint density at radius 3 is 2.23 bits per heavy atom. The lowest BCUT2D eigenvalue weighted by molar-refractivity contribution is -0.117. The van der Waals surface area contributed by atoms with Gasteiger partial charge in [0.25, 0.3) is 0 Å². The van der Waals surface area contributed by atoms with Crippen LogP contribution < -0.4 is 5.32 Å². The van der Waals surface area contributed by atoms with Gasteiger partial charge in [-0.15, -0.1) is 0 Å². The van der Waals surface area contributed by atoms with Gasteiger partial charge in [-0.25, -0.2) is 8.78 Å². The van der Waals surface area contributed by atoms with Crippen molar-refractivity contribution in [2.45, 2.75) is 6.54 Å². The number of anilines is 1. The summed E-state index contributed by atoms with van der Waals surface area (Å²) in [5.74, 6) is -0.789. The highest BCUT2D eigenvalue weighted by Gasteiger charge is 2.19. The summed E-state index contributed by atoms with van der Waals surface area (Å²) in [4.78, 5) is 16.4. The number of benzene rings is 2. The molecule has 0 saturated carbocycles. The fourth-order valence-corrected chi connectivity index (χ4v) is 3.16. The molecule has 0 aliphatic carbocycles. The molecule has 0 radical (unpaired) electrons. The molecule has 1 amide bonds. The Morgan fingerprint density at radius 2 is 1.58 bits per heavy atom. The number of nitrogens with one attached hydrogen (secondary N) is 1. The van der Waals surface area contributed by atoms with Crippen LogP contribution in [0.1, 0.15) is 5.56 Å². The normalized spacial score (nSPS) is 15.8. The largest absolute Gasteiger partial charge is 0.325 e. The molecule has 2 aromatic rings. The molecule has 0 aromatic heterocycles. The third-order valence-electron chi connectivity index (χ3n) is 4.37. The lowest BCUT2D eigenvalue weighted by atomic mass is 10.2. The monoisotopic (exact) mass is 379 g/mol. The Balaban J connectivity index is 1.44. The first kappa shape index (κ1) is 18.8. The summed E-state index contributed by atoms with van der Waals surface area (Å²) in [6.45, 7) is 4.08. The van der Waals surface area contributed by atoms with E-state index in [2.05, 4.69) is 15.1 Å². The van der Waals surface area contributed by atoms with Crippen molar-refractivity contribution in [1.82, 2.24) is 9.80 Å². The van der Waals surface area contributed by atoms with Gasteiger partial charge in [0.2, 0.25) is 5.91 Å². The van der Waals surface area contributed by atoms with Gasteiger partial charge in [0.1, 0.15) is 11.6 Å². The number of piperazine rings is 1. The number of rotatable bonds is 5. The summed E-state index contributed by atoms with van der Waals surface area (Å²) in [5, 5.41) is 3.20. The van der Waals surface area contributed by atoms with Gasteiger partial charge in [-0.05, 0) is 42.0 Å². The van der Waals surface area contributed by atoms with Crippen molar-refractivity contribution in [3.05, 3.63) is 64.7 Å². The van der Waals surface area contributed by atoms with Crippen molar-refractivity contribution >= 4 is 23.2 Å². The lowest BCUT2D eigenvalue weighted by Crippen LogP contribution is -2.48. The predicted octanol–water partition coefficient (Wildman–Crippen LogP) is 3.37. The van der Waals surface area contributed by atoms with Crippen LogP contribution in [0.3, 0.4) is 0 Å².